The number of fused-ring (bicyclic) bond motifs is 1. The number of rotatable bonds is 6. The van der Waals surface area contributed by atoms with Gasteiger partial charge in [0.2, 0.25) is 0 Å². The molecule has 4 aliphatic rings. The van der Waals surface area contributed by atoms with Crippen LogP contribution >= 0.6 is 67.8 Å². The third-order valence-corrected chi connectivity index (χ3v) is 12.0. The van der Waals surface area contributed by atoms with E-state index < -0.39 is 58.0 Å². The standard InChI is InChI=1S/C28H25I3O9S/c29-13-8-18(30)23(19(31)9-13)28(34)40-25-16-11-17-22(27(33)39-24(17)25)21(16)26(32)38-14-6-7-20(41(35,36)37)15(10-14)12-4-2-1-3-5-12/h6-10,12,16-17,21-22,24-25H,1-5,11H2,(H,35,36,37)/p-1. The van der Waals surface area contributed by atoms with Crippen molar-refractivity contribution in [3.05, 3.63) is 52.2 Å². The van der Waals surface area contributed by atoms with Crippen molar-refractivity contribution in [1.82, 2.24) is 0 Å². The SMILES string of the molecule is O=C(OC1C2CC3C1OC(=O)C3C2C(=O)Oc1ccc(S(=O)(=O)[O-])c(C2CCCCC2)c1)c1c(I)cc(I)cc1I. The van der Waals surface area contributed by atoms with Crippen molar-refractivity contribution in [2.45, 2.75) is 61.5 Å². The quantitative estimate of drug-likeness (QED) is 0.162. The number of esters is 3. The third kappa shape index (κ3) is 5.54. The Hall–Kier alpha value is -1.05. The number of hydrogen-bond acceptors (Lipinski definition) is 9. The van der Waals surface area contributed by atoms with E-state index in [0.29, 0.717) is 17.5 Å². The number of carbonyl (C=O) groups excluding carboxylic acids is 3. The van der Waals surface area contributed by atoms with Gasteiger partial charge in [0.05, 0.1) is 22.3 Å². The molecule has 6 unspecified atom stereocenters. The van der Waals surface area contributed by atoms with E-state index in [1.807, 2.05) is 12.1 Å². The maximum absolute atomic E-state index is 13.6. The van der Waals surface area contributed by atoms with Gasteiger partial charge in [-0.05, 0) is 129 Å². The second-order valence-corrected chi connectivity index (χ2v) is 16.0. The average molecular weight is 917 g/mol. The Balaban J connectivity index is 1.26. The molecule has 3 saturated carbocycles. The fraction of sp³-hybridized carbons (Fsp3) is 0.464. The molecule has 1 saturated heterocycles. The minimum absolute atomic E-state index is 0.116. The van der Waals surface area contributed by atoms with E-state index in [1.54, 1.807) is 0 Å². The molecule has 0 spiro atoms. The van der Waals surface area contributed by atoms with Gasteiger partial charge < -0.3 is 18.8 Å². The number of halogens is 3. The van der Waals surface area contributed by atoms with Crippen molar-refractivity contribution >= 4 is 95.8 Å². The zero-order chi connectivity index (χ0) is 29.2. The van der Waals surface area contributed by atoms with E-state index in [1.165, 1.54) is 18.2 Å². The molecule has 9 nitrogen and oxygen atoms in total. The van der Waals surface area contributed by atoms with Crippen LogP contribution in [0.3, 0.4) is 0 Å². The predicted octanol–water partition coefficient (Wildman–Crippen LogP) is 5.39. The molecule has 6 atom stereocenters. The summed E-state index contributed by atoms with van der Waals surface area (Å²) in [4.78, 5) is 39.4. The van der Waals surface area contributed by atoms with Crippen molar-refractivity contribution in [2.75, 3.05) is 0 Å². The molecule has 41 heavy (non-hydrogen) atoms. The minimum atomic E-state index is -4.72. The fourth-order valence-electron chi connectivity index (χ4n) is 7.12. The number of ether oxygens (including phenoxy) is 3. The van der Waals surface area contributed by atoms with E-state index in [9.17, 15) is 27.4 Å². The summed E-state index contributed by atoms with van der Waals surface area (Å²) in [5.74, 6) is -3.99. The van der Waals surface area contributed by atoms with E-state index in [-0.39, 0.29) is 22.5 Å². The summed E-state index contributed by atoms with van der Waals surface area (Å²) in [6.07, 6.45) is 3.46. The Morgan fingerprint density at radius 2 is 1.66 bits per heavy atom. The summed E-state index contributed by atoms with van der Waals surface area (Å²) in [6.45, 7) is 0. The summed E-state index contributed by atoms with van der Waals surface area (Å²) in [5.41, 5.74) is 0.796. The zero-order valence-electron chi connectivity index (χ0n) is 21.4. The molecular formula is C28H24I3O9S-. The van der Waals surface area contributed by atoms with Crippen LogP contribution in [0.4, 0.5) is 0 Å². The molecule has 0 amide bonds. The van der Waals surface area contributed by atoms with Crippen LogP contribution in [0.5, 0.6) is 5.75 Å². The van der Waals surface area contributed by atoms with Gasteiger partial charge in [-0.15, -0.1) is 0 Å². The molecule has 3 aliphatic carbocycles. The van der Waals surface area contributed by atoms with Crippen LogP contribution in [-0.4, -0.2) is 43.1 Å². The normalized spacial score (nSPS) is 28.9. The maximum Gasteiger partial charge on any atom is 0.340 e. The molecular weight excluding hydrogens is 893 g/mol. The van der Waals surface area contributed by atoms with Crippen LogP contribution in [0.25, 0.3) is 0 Å². The van der Waals surface area contributed by atoms with Gasteiger partial charge in [0.1, 0.15) is 28.1 Å². The van der Waals surface area contributed by atoms with Crippen LogP contribution in [0.1, 0.15) is 60.4 Å². The first-order valence-corrected chi connectivity index (χ1v) is 18.0. The average Bonchev–Trinajstić information content (AvgIpc) is 3.52. The highest BCUT2D eigenvalue weighted by Crippen LogP contribution is 2.59. The summed E-state index contributed by atoms with van der Waals surface area (Å²) in [7, 11) is -4.72. The predicted molar refractivity (Wildman–Crippen MR) is 168 cm³/mol. The zero-order valence-corrected chi connectivity index (χ0v) is 28.7. The molecule has 2 aromatic rings. The molecule has 0 N–H and O–H groups in total. The van der Waals surface area contributed by atoms with Gasteiger partial charge in [0.25, 0.3) is 0 Å². The van der Waals surface area contributed by atoms with Crippen LogP contribution in [-0.2, 0) is 29.2 Å². The first-order valence-electron chi connectivity index (χ1n) is 13.3. The largest absolute Gasteiger partial charge is 0.744 e. The highest BCUT2D eigenvalue weighted by Gasteiger charge is 2.70. The second-order valence-electron chi connectivity index (χ2n) is 11.0. The lowest BCUT2D eigenvalue weighted by Gasteiger charge is -2.30. The van der Waals surface area contributed by atoms with Crippen LogP contribution < -0.4 is 4.74 Å². The summed E-state index contributed by atoms with van der Waals surface area (Å²) >= 11 is 6.35. The molecule has 218 valence electrons. The Kier molecular flexibility index (Phi) is 8.39. The lowest BCUT2D eigenvalue weighted by atomic mass is 9.78. The summed E-state index contributed by atoms with van der Waals surface area (Å²) in [6, 6.07) is 7.72. The van der Waals surface area contributed by atoms with Gasteiger partial charge in [-0.3, -0.25) is 9.59 Å². The van der Waals surface area contributed by atoms with Crippen LogP contribution in [0.15, 0.2) is 35.2 Å². The van der Waals surface area contributed by atoms with E-state index in [0.717, 1.165) is 42.8 Å². The Morgan fingerprint density at radius 1 is 0.976 bits per heavy atom. The first kappa shape index (κ1) is 30.0. The van der Waals surface area contributed by atoms with Crippen molar-refractivity contribution in [2.24, 2.45) is 23.7 Å². The second kappa shape index (κ2) is 11.5. The Labute approximate surface area is 278 Å². The maximum atomic E-state index is 13.6. The number of carbonyl (C=O) groups is 3. The highest BCUT2D eigenvalue weighted by molar-refractivity contribution is 14.1. The van der Waals surface area contributed by atoms with Crippen LogP contribution in [0, 0.1) is 34.4 Å². The fourth-order valence-corrected chi connectivity index (χ4v) is 11.9. The van der Waals surface area contributed by atoms with Crippen molar-refractivity contribution in [1.29, 1.82) is 0 Å². The van der Waals surface area contributed by atoms with E-state index >= 15 is 0 Å². The molecule has 2 aromatic carbocycles. The molecule has 13 heteroatoms. The third-order valence-electron chi connectivity index (χ3n) is 8.79. The summed E-state index contributed by atoms with van der Waals surface area (Å²) < 4.78 is 55.7. The molecule has 1 heterocycles. The van der Waals surface area contributed by atoms with Gasteiger partial charge in [-0.1, -0.05) is 19.3 Å². The van der Waals surface area contributed by atoms with Gasteiger partial charge in [-0.25, -0.2) is 13.2 Å². The summed E-state index contributed by atoms with van der Waals surface area (Å²) in [5, 5.41) is 0. The Morgan fingerprint density at radius 3 is 2.32 bits per heavy atom. The molecule has 0 aromatic heterocycles. The monoisotopic (exact) mass is 917 g/mol. The number of hydrogen-bond donors (Lipinski definition) is 0. The van der Waals surface area contributed by atoms with Gasteiger partial charge >= 0.3 is 17.9 Å². The topological polar surface area (TPSA) is 136 Å². The molecule has 6 rings (SSSR count). The van der Waals surface area contributed by atoms with Crippen molar-refractivity contribution in [3.63, 3.8) is 0 Å². The number of benzene rings is 2. The van der Waals surface area contributed by atoms with Gasteiger partial charge in [0, 0.05) is 22.5 Å². The lowest BCUT2D eigenvalue weighted by molar-refractivity contribution is -0.149. The van der Waals surface area contributed by atoms with E-state index in [2.05, 4.69) is 67.8 Å². The first-order chi connectivity index (χ1) is 19.4. The molecule has 4 fully saturated rings. The van der Waals surface area contributed by atoms with Crippen molar-refractivity contribution < 1.29 is 41.6 Å². The molecule has 0 radical (unpaired) electrons. The van der Waals surface area contributed by atoms with E-state index in [4.69, 9.17) is 14.2 Å². The molecule has 1 aliphatic heterocycles. The minimum Gasteiger partial charge on any atom is -0.744 e. The Bertz CT molecular complexity index is 1530. The molecule has 2 bridgehead atoms. The lowest BCUT2D eigenvalue weighted by Crippen LogP contribution is -2.44. The van der Waals surface area contributed by atoms with Crippen molar-refractivity contribution in [3.8, 4) is 5.75 Å². The van der Waals surface area contributed by atoms with Gasteiger partial charge in [-0.2, -0.15) is 0 Å². The smallest absolute Gasteiger partial charge is 0.340 e. The van der Waals surface area contributed by atoms with Crippen LogP contribution in [0.2, 0.25) is 0 Å². The highest BCUT2D eigenvalue weighted by atomic mass is 127. The van der Waals surface area contributed by atoms with Gasteiger partial charge in [0.15, 0.2) is 0 Å².